The molecule has 40 heavy (non-hydrogen) atoms. The zero-order valence-corrected chi connectivity index (χ0v) is 24.9. The minimum absolute atomic E-state index is 0.0141. The van der Waals surface area contributed by atoms with Gasteiger partial charge in [0, 0.05) is 19.8 Å². The monoisotopic (exact) mass is 556 g/mol. The Labute approximate surface area is 242 Å². The molecule has 3 aromatic rings. The molecule has 1 aliphatic rings. The molecule has 2 heterocycles. The summed E-state index contributed by atoms with van der Waals surface area (Å²) in [7, 11) is 1.93. The van der Waals surface area contributed by atoms with Crippen molar-refractivity contribution in [1.82, 2.24) is 20.1 Å². The lowest BCUT2D eigenvalue weighted by Gasteiger charge is -2.35. The van der Waals surface area contributed by atoms with Crippen molar-refractivity contribution < 1.29 is 9.59 Å². The number of amides is 2. The summed E-state index contributed by atoms with van der Waals surface area (Å²) in [6.07, 6.45) is 5.27. The van der Waals surface area contributed by atoms with Gasteiger partial charge in [0.05, 0.1) is 22.1 Å². The maximum atomic E-state index is 13.9. The predicted molar refractivity (Wildman–Crippen MR) is 165 cm³/mol. The molecule has 3 atom stereocenters. The van der Waals surface area contributed by atoms with Crippen molar-refractivity contribution in [3.63, 3.8) is 0 Å². The van der Waals surface area contributed by atoms with E-state index in [0.717, 1.165) is 39.3 Å². The molecule has 0 radical (unpaired) electrons. The van der Waals surface area contributed by atoms with E-state index in [-0.39, 0.29) is 23.8 Å². The van der Waals surface area contributed by atoms with Crippen LogP contribution in [-0.4, -0.2) is 52.3 Å². The van der Waals surface area contributed by atoms with Crippen LogP contribution in [0.5, 0.6) is 0 Å². The van der Waals surface area contributed by atoms with Gasteiger partial charge in [0.25, 0.3) is 0 Å². The van der Waals surface area contributed by atoms with Crippen LogP contribution in [-0.2, 0) is 9.59 Å². The molecule has 7 heteroatoms. The number of hydrogen-bond donors (Lipinski definition) is 1. The quantitative estimate of drug-likeness (QED) is 0.291. The number of rotatable bonds is 10. The van der Waals surface area contributed by atoms with Crippen molar-refractivity contribution in [1.29, 1.82) is 0 Å². The van der Waals surface area contributed by atoms with Gasteiger partial charge in [-0.15, -0.1) is 11.3 Å². The zero-order valence-electron chi connectivity index (χ0n) is 24.1. The van der Waals surface area contributed by atoms with Gasteiger partial charge in [0.1, 0.15) is 12.1 Å². The summed E-state index contributed by atoms with van der Waals surface area (Å²) in [5, 5.41) is 3.17. The summed E-state index contributed by atoms with van der Waals surface area (Å²) in [5.41, 5.74) is 7.02. The van der Waals surface area contributed by atoms with Crippen molar-refractivity contribution in [2.75, 3.05) is 13.6 Å². The second-order valence-electron chi connectivity index (χ2n) is 10.8. The van der Waals surface area contributed by atoms with E-state index in [0.29, 0.717) is 13.0 Å². The van der Waals surface area contributed by atoms with Crippen LogP contribution in [0.1, 0.15) is 56.5 Å². The molecule has 0 saturated carbocycles. The molecule has 0 spiro atoms. The Balaban J connectivity index is 1.46. The van der Waals surface area contributed by atoms with Crippen LogP contribution in [0.15, 0.2) is 79.0 Å². The Hall–Kier alpha value is -3.71. The van der Waals surface area contributed by atoms with Crippen molar-refractivity contribution in [2.45, 2.75) is 58.7 Å². The van der Waals surface area contributed by atoms with Crippen LogP contribution in [0.4, 0.5) is 0 Å². The maximum Gasteiger partial charge on any atom is 0.246 e. The number of allylic oxidation sites excluding steroid dienone is 2. The first-order valence-corrected chi connectivity index (χ1v) is 14.8. The van der Waals surface area contributed by atoms with Crippen LogP contribution in [0.3, 0.4) is 0 Å². The van der Waals surface area contributed by atoms with Gasteiger partial charge in [-0.2, -0.15) is 0 Å². The molecule has 210 valence electrons. The molecule has 0 aliphatic carbocycles. The number of likely N-dealkylation sites (tertiary alicyclic amines) is 1. The number of hydrogen-bond acceptors (Lipinski definition) is 5. The highest BCUT2D eigenvalue weighted by atomic mass is 32.1. The Morgan fingerprint density at radius 3 is 2.42 bits per heavy atom. The fourth-order valence-corrected chi connectivity index (χ4v) is 6.28. The van der Waals surface area contributed by atoms with Crippen molar-refractivity contribution in [2.24, 2.45) is 5.92 Å². The first kappa shape index (κ1) is 29.3. The molecule has 4 rings (SSSR count). The average Bonchev–Trinajstić information content (AvgIpc) is 3.61. The fraction of sp³-hybridized carbons (Fsp3) is 0.364. The van der Waals surface area contributed by atoms with Crippen LogP contribution >= 0.6 is 11.3 Å². The highest BCUT2D eigenvalue weighted by Gasteiger charge is 2.39. The third kappa shape index (κ3) is 6.53. The Kier molecular flexibility index (Phi) is 9.58. The van der Waals surface area contributed by atoms with Gasteiger partial charge < -0.3 is 15.1 Å². The van der Waals surface area contributed by atoms with E-state index < -0.39 is 12.1 Å². The van der Waals surface area contributed by atoms with E-state index >= 15 is 0 Å². The Bertz CT molecular complexity index is 1350. The molecule has 1 aromatic heterocycles. The number of nitrogens with zero attached hydrogens (tertiary/aromatic N) is 3. The summed E-state index contributed by atoms with van der Waals surface area (Å²) < 4.78 is 0. The highest BCUT2D eigenvalue weighted by molar-refractivity contribution is 7.13. The first-order chi connectivity index (χ1) is 19.2. The lowest BCUT2D eigenvalue weighted by molar-refractivity contribution is -0.143. The second kappa shape index (κ2) is 13.1. The number of likely N-dealkylation sites (N-methyl/N-ethyl adjacent to an activating group) is 1. The van der Waals surface area contributed by atoms with Crippen molar-refractivity contribution >= 4 is 28.7 Å². The summed E-state index contributed by atoms with van der Waals surface area (Å²) in [5.74, 6) is -0.0585. The third-order valence-corrected chi connectivity index (χ3v) is 8.59. The smallest absolute Gasteiger partial charge is 0.246 e. The second-order valence-corrected chi connectivity index (χ2v) is 11.7. The highest BCUT2D eigenvalue weighted by Crippen LogP contribution is 2.29. The number of nitrogens with one attached hydrogen (secondary N) is 1. The minimum Gasteiger partial charge on any atom is -0.368 e. The summed E-state index contributed by atoms with van der Waals surface area (Å²) in [6.45, 7) is 12.7. The van der Waals surface area contributed by atoms with Gasteiger partial charge >= 0.3 is 0 Å². The Morgan fingerprint density at radius 1 is 1.12 bits per heavy atom. The number of thiazole rings is 1. The Morgan fingerprint density at radius 2 is 1.82 bits per heavy atom. The standard InChI is InChI=1S/C33H40N4O2S/c1-7-25(27-12-9-8-10-13-27)20-36(6)30(22(2)3)33(39)37-19-11-14-29(37)32(38)35-23(4)26-15-17-28(18-16-26)31-24(5)34-21-40-31/h7-10,12-13,15-18,20-23,29-30H,1,11,14,19H2,2-6H3,(H,35,38)/b25-20+/t23-,29-,30?/m0/s1. The van der Waals surface area contributed by atoms with Crippen LogP contribution in [0, 0.1) is 12.8 Å². The van der Waals surface area contributed by atoms with Crippen molar-refractivity contribution in [3.8, 4) is 10.4 Å². The van der Waals surface area contributed by atoms with Crippen LogP contribution in [0.25, 0.3) is 16.0 Å². The fourth-order valence-electron chi connectivity index (χ4n) is 5.47. The lowest BCUT2D eigenvalue weighted by atomic mass is 10.00. The van der Waals surface area contributed by atoms with E-state index in [4.69, 9.17) is 0 Å². The largest absolute Gasteiger partial charge is 0.368 e. The first-order valence-electron chi connectivity index (χ1n) is 13.9. The molecule has 1 unspecified atom stereocenters. The molecule has 2 amide bonds. The van der Waals surface area contributed by atoms with Crippen LogP contribution in [0.2, 0.25) is 0 Å². The predicted octanol–water partition coefficient (Wildman–Crippen LogP) is 6.47. The number of carbonyl (C=O) groups excluding carboxylic acids is 2. The topological polar surface area (TPSA) is 65.5 Å². The summed E-state index contributed by atoms with van der Waals surface area (Å²) in [4.78, 5) is 36.6. The number of aromatic nitrogens is 1. The lowest BCUT2D eigenvalue weighted by Crippen LogP contribution is -2.53. The SMILES string of the molecule is C=C/C(=C\N(C)C(C(=O)N1CCC[C@H]1C(=O)N[C@@H](C)c1ccc(-c2scnc2C)cc1)C(C)C)c1ccccc1. The van der Waals surface area contributed by atoms with E-state index in [9.17, 15) is 9.59 Å². The van der Waals surface area contributed by atoms with E-state index in [1.165, 1.54) is 0 Å². The molecule has 1 saturated heterocycles. The molecular formula is C33H40N4O2S. The maximum absolute atomic E-state index is 13.9. The van der Waals surface area contributed by atoms with E-state index in [2.05, 4.69) is 41.1 Å². The number of carbonyl (C=O) groups is 2. The van der Waals surface area contributed by atoms with E-state index in [1.807, 2.05) is 87.8 Å². The van der Waals surface area contributed by atoms with Crippen LogP contribution < -0.4 is 5.32 Å². The summed E-state index contributed by atoms with van der Waals surface area (Å²) in [6, 6.07) is 17.2. The number of aryl methyl sites for hydroxylation is 1. The van der Waals surface area contributed by atoms with Gasteiger partial charge in [-0.3, -0.25) is 9.59 Å². The van der Waals surface area contributed by atoms with Gasteiger partial charge in [-0.05, 0) is 54.9 Å². The molecule has 2 aromatic carbocycles. The molecule has 0 bridgehead atoms. The number of benzene rings is 2. The zero-order chi connectivity index (χ0) is 28.8. The van der Waals surface area contributed by atoms with E-state index in [1.54, 1.807) is 16.2 Å². The molecule has 6 nitrogen and oxygen atoms in total. The minimum atomic E-state index is -0.472. The van der Waals surface area contributed by atoms with Gasteiger partial charge in [0.15, 0.2) is 0 Å². The third-order valence-electron chi connectivity index (χ3n) is 7.61. The normalized spacial score (nSPS) is 17.0. The van der Waals surface area contributed by atoms with Gasteiger partial charge in [-0.25, -0.2) is 4.98 Å². The molecule has 1 N–H and O–H groups in total. The molecule has 1 fully saturated rings. The average molecular weight is 557 g/mol. The van der Waals surface area contributed by atoms with Crippen molar-refractivity contribution in [3.05, 3.63) is 95.8 Å². The molecular weight excluding hydrogens is 516 g/mol. The summed E-state index contributed by atoms with van der Waals surface area (Å²) >= 11 is 1.63. The van der Waals surface area contributed by atoms with Gasteiger partial charge in [-0.1, -0.05) is 81.1 Å². The molecule has 1 aliphatic heterocycles. The van der Waals surface area contributed by atoms with Gasteiger partial charge in [0.2, 0.25) is 11.8 Å².